The lowest BCUT2D eigenvalue weighted by molar-refractivity contribution is 0.391. The zero-order chi connectivity index (χ0) is 18.6. The molecule has 4 aromatic rings. The predicted molar refractivity (Wildman–Crippen MR) is 101 cm³/mol. The summed E-state index contributed by atoms with van der Waals surface area (Å²) in [7, 11) is 0. The Morgan fingerprint density at radius 1 is 1.19 bits per heavy atom. The van der Waals surface area contributed by atoms with Gasteiger partial charge in [0, 0.05) is 18.9 Å². The van der Waals surface area contributed by atoms with Crippen LogP contribution >= 0.6 is 11.8 Å². The molecule has 3 aromatic heterocycles. The molecule has 9 heteroatoms. The zero-order valence-corrected chi connectivity index (χ0v) is 15.4. The van der Waals surface area contributed by atoms with Crippen LogP contribution in [0.15, 0.2) is 57.3 Å². The maximum absolute atomic E-state index is 12.8. The molecule has 0 fully saturated rings. The second kappa shape index (κ2) is 7.67. The highest BCUT2D eigenvalue weighted by Gasteiger charge is 2.14. The molecule has 136 valence electrons. The van der Waals surface area contributed by atoms with Crippen LogP contribution in [0.25, 0.3) is 22.4 Å². The molecule has 27 heavy (non-hydrogen) atoms. The van der Waals surface area contributed by atoms with Crippen molar-refractivity contribution < 1.29 is 4.52 Å². The van der Waals surface area contributed by atoms with E-state index in [0.717, 1.165) is 6.42 Å². The molecule has 0 aliphatic heterocycles. The Labute approximate surface area is 158 Å². The van der Waals surface area contributed by atoms with Gasteiger partial charge in [-0.15, -0.1) is 0 Å². The zero-order valence-electron chi connectivity index (χ0n) is 14.6. The van der Waals surface area contributed by atoms with Gasteiger partial charge in [0.05, 0.1) is 22.9 Å². The minimum absolute atomic E-state index is 0.0317. The van der Waals surface area contributed by atoms with Crippen molar-refractivity contribution in [2.24, 2.45) is 0 Å². The summed E-state index contributed by atoms with van der Waals surface area (Å²) in [6, 6.07) is 7.37. The van der Waals surface area contributed by atoms with Crippen LogP contribution in [0.1, 0.15) is 19.2 Å². The Bertz CT molecular complexity index is 1130. The second-order valence-electron chi connectivity index (χ2n) is 5.76. The summed E-state index contributed by atoms with van der Waals surface area (Å²) in [6.07, 6.45) is 5.57. The molecule has 4 rings (SSSR count). The van der Waals surface area contributed by atoms with Crippen LogP contribution in [0, 0.1) is 0 Å². The molecule has 0 unspecified atom stereocenters. The summed E-state index contributed by atoms with van der Waals surface area (Å²) in [6.45, 7) is 2.63. The largest absolute Gasteiger partial charge is 0.338 e. The van der Waals surface area contributed by atoms with Crippen LogP contribution < -0.4 is 5.56 Å². The average molecular weight is 380 g/mol. The fourth-order valence-electron chi connectivity index (χ4n) is 2.64. The van der Waals surface area contributed by atoms with E-state index in [2.05, 4.69) is 25.1 Å². The molecule has 0 bridgehead atoms. The summed E-state index contributed by atoms with van der Waals surface area (Å²) in [5.74, 6) is 1.23. The van der Waals surface area contributed by atoms with E-state index in [1.54, 1.807) is 29.2 Å². The van der Waals surface area contributed by atoms with Crippen LogP contribution in [0.3, 0.4) is 0 Å². The van der Waals surface area contributed by atoms with Crippen molar-refractivity contribution in [1.29, 1.82) is 0 Å². The van der Waals surface area contributed by atoms with E-state index in [1.165, 1.54) is 11.8 Å². The summed E-state index contributed by atoms with van der Waals surface area (Å²) >= 11 is 1.40. The molecular weight excluding hydrogens is 364 g/mol. The molecule has 0 atom stereocenters. The van der Waals surface area contributed by atoms with Gasteiger partial charge in [-0.2, -0.15) is 4.98 Å². The predicted octanol–water partition coefficient (Wildman–Crippen LogP) is 2.94. The third kappa shape index (κ3) is 3.59. The lowest BCUT2D eigenvalue weighted by atomic mass is 10.2. The molecule has 0 aliphatic carbocycles. The van der Waals surface area contributed by atoms with Gasteiger partial charge in [0.25, 0.3) is 5.56 Å². The van der Waals surface area contributed by atoms with Gasteiger partial charge >= 0.3 is 0 Å². The molecule has 0 spiro atoms. The van der Waals surface area contributed by atoms with E-state index in [-0.39, 0.29) is 5.56 Å². The van der Waals surface area contributed by atoms with Crippen molar-refractivity contribution in [3.05, 3.63) is 59.1 Å². The average Bonchev–Trinajstić information content (AvgIpc) is 3.19. The lowest BCUT2D eigenvalue weighted by Gasteiger charge is -2.11. The van der Waals surface area contributed by atoms with E-state index in [0.29, 0.717) is 45.8 Å². The first-order valence-electron chi connectivity index (χ1n) is 8.47. The quantitative estimate of drug-likeness (QED) is 0.372. The molecule has 8 nitrogen and oxygen atoms in total. The number of rotatable bonds is 6. The third-order valence-corrected chi connectivity index (χ3v) is 4.82. The van der Waals surface area contributed by atoms with Crippen LogP contribution in [0.4, 0.5) is 0 Å². The molecular formula is C18H16N6O2S. The molecule has 0 N–H and O–H groups in total. The third-order valence-electron chi connectivity index (χ3n) is 3.86. The first-order valence-corrected chi connectivity index (χ1v) is 9.46. The number of benzene rings is 1. The standard InChI is InChI=1S/C18H16N6O2S/c1-2-9-24-17(25)12-5-3-4-6-13(12)21-18(24)27-11-15-22-16(23-26-15)14-10-19-7-8-20-14/h3-8,10H,2,9,11H2,1H3. The van der Waals surface area contributed by atoms with Gasteiger partial charge in [0.2, 0.25) is 11.7 Å². The first-order chi connectivity index (χ1) is 13.3. The summed E-state index contributed by atoms with van der Waals surface area (Å²) < 4.78 is 6.99. The van der Waals surface area contributed by atoms with Crippen molar-refractivity contribution in [3.8, 4) is 11.5 Å². The molecule has 0 radical (unpaired) electrons. The normalized spacial score (nSPS) is 11.1. The van der Waals surface area contributed by atoms with Crippen molar-refractivity contribution >= 4 is 22.7 Å². The van der Waals surface area contributed by atoms with E-state index in [1.807, 2.05) is 25.1 Å². The van der Waals surface area contributed by atoms with Gasteiger partial charge in [-0.3, -0.25) is 14.3 Å². The van der Waals surface area contributed by atoms with Gasteiger partial charge < -0.3 is 4.52 Å². The molecule has 1 aromatic carbocycles. The molecule has 0 saturated carbocycles. The summed E-state index contributed by atoms with van der Waals surface area (Å²) in [5, 5.41) is 5.20. The van der Waals surface area contributed by atoms with Gasteiger partial charge in [0.15, 0.2) is 5.16 Å². The van der Waals surface area contributed by atoms with Crippen LogP contribution in [-0.4, -0.2) is 29.7 Å². The van der Waals surface area contributed by atoms with Gasteiger partial charge in [-0.25, -0.2) is 9.97 Å². The van der Waals surface area contributed by atoms with Gasteiger partial charge in [-0.05, 0) is 18.6 Å². The number of fused-ring (bicyclic) bond motifs is 1. The number of hydrogen-bond donors (Lipinski definition) is 0. The van der Waals surface area contributed by atoms with E-state index in [4.69, 9.17) is 4.52 Å². The highest BCUT2D eigenvalue weighted by atomic mass is 32.2. The van der Waals surface area contributed by atoms with Crippen molar-refractivity contribution in [2.75, 3.05) is 0 Å². The second-order valence-corrected chi connectivity index (χ2v) is 6.70. The highest BCUT2D eigenvalue weighted by molar-refractivity contribution is 7.98. The minimum Gasteiger partial charge on any atom is -0.338 e. The smallest absolute Gasteiger partial charge is 0.262 e. The molecule has 0 amide bonds. The van der Waals surface area contributed by atoms with Crippen molar-refractivity contribution in [1.82, 2.24) is 29.7 Å². The van der Waals surface area contributed by atoms with Gasteiger partial charge in [0.1, 0.15) is 5.69 Å². The molecule has 0 saturated heterocycles. The lowest BCUT2D eigenvalue weighted by Crippen LogP contribution is -2.23. The Balaban J connectivity index is 1.61. The number of aromatic nitrogens is 6. The van der Waals surface area contributed by atoms with E-state index < -0.39 is 0 Å². The number of para-hydroxylation sites is 1. The van der Waals surface area contributed by atoms with Crippen LogP contribution in [0.5, 0.6) is 0 Å². The molecule has 0 aliphatic rings. The Hall–Kier alpha value is -3.07. The fraction of sp³-hybridized carbons (Fsp3) is 0.222. The van der Waals surface area contributed by atoms with Crippen LogP contribution in [-0.2, 0) is 12.3 Å². The monoisotopic (exact) mass is 380 g/mol. The van der Waals surface area contributed by atoms with Crippen molar-refractivity contribution in [3.63, 3.8) is 0 Å². The maximum atomic E-state index is 12.8. The summed E-state index contributed by atoms with van der Waals surface area (Å²) in [4.78, 5) is 29.9. The van der Waals surface area contributed by atoms with E-state index >= 15 is 0 Å². The molecule has 3 heterocycles. The van der Waals surface area contributed by atoms with Gasteiger partial charge in [-0.1, -0.05) is 36.0 Å². The minimum atomic E-state index is -0.0317. The Kier molecular flexibility index (Phi) is 4.93. The van der Waals surface area contributed by atoms with Crippen LogP contribution in [0.2, 0.25) is 0 Å². The number of hydrogen-bond acceptors (Lipinski definition) is 8. The highest BCUT2D eigenvalue weighted by Crippen LogP contribution is 2.22. The topological polar surface area (TPSA) is 99.6 Å². The fourth-order valence-corrected chi connectivity index (χ4v) is 3.50. The van der Waals surface area contributed by atoms with E-state index in [9.17, 15) is 4.79 Å². The number of thioether (sulfide) groups is 1. The Morgan fingerprint density at radius 2 is 2.07 bits per heavy atom. The number of nitrogens with zero attached hydrogens (tertiary/aromatic N) is 6. The SMILES string of the molecule is CCCn1c(SCc2nc(-c3cnccn3)no2)nc2ccccc2c1=O. The van der Waals surface area contributed by atoms with Crippen molar-refractivity contribution in [2.45, 2.75) is 30.8 Å². The Morgan fingerprint density at radius 3 is 2.89 bits per heavy atom. The maximum Gasteiger partial charge on any atom is 0.262 e. The first kappa shape index (κ1) is 17.3. The summed E-state index contributed by atoms with van der Waals surface area (Å²) in [5.41, 5.74) is 1.20.